The number of piperidine rings is 1. The zero-order valence-corrected chi connectivity index (χ0v) is 17.4. The van der Waals surface area contributed by atoms with Crippen LogP contribution in [0.2, 0.25) is 0 Å². The molecule has 156 valence electrons. The van der Waals surface area contributed by atoms with E-state index in [0.717, 1.165) is 0 Å². The van der Waals surface area contributed by atoms with Crippen molar-refractivity contribution in [3.8, 4) is 11.8 Å². The molecule has 2 rings (SSSR count). The van der Waals surface area contributed by atoms with E-state index in [9.17, 15) is 14.4 Å². The zero-order valence-electron chi connectivity index (χ0n) is 17.4. The van der Waals surface area contributed by atoms with Crippen LogP contribution in [0.4, 0.5) is 4.79 Å². The van der Waals surface area contributed by atoms with Crippen LogP contribution < -0.4 is 0 Å². The number of methoxy groups -OCH3 is 2. The number of hydrogen-bond acceptors (Lipinski definition) is 7. The number of nitrogens with zero attached hydrogens (tertiary/aromatic N) is 2. The van der Waals surface area contributed by atoms with Crippen LogP contribution in [0.25, 0.3) is 0 Å². The average Bonchev–Trinajstić information content (AvgIpc) is 2.69. The van der Waals surface area contributed by atoms with Gasteiger partial charge in [0.2, 0.25) is 0 Å². The number of rotatable bonds is 2. The van der Waals surface area contributed by atoms with Crippen molar-refractivity contribution in [1.82, 2.24) is 9.88 Å². The lowest BCUT2D eigenvalue weighted by atomic mass is 9.93. The average molecular weight is 402 g/mol. The molecule has 1 aliphatic heterocycles. The van der Waals surface area contributed by atoms with Crippen molar-refractivity contribution in [1.29, 1.82) is 0 Å². The van der Waals surface area contributed by atoms with E-state index in [4.69, 9.17) is 14.2 Å². The van der Waals surface area contributed by atoms with Crippen LogP contribution in [-0.4, -0.2) is 60.3 Å². The highest BCUT2D eigenvalue weighted by atomic mass is 16.6. The molecule has 1 aliphatic rings. The van der Waals surface area contributed by atoms with Crippen LogP contribution in [0.1, 0.15) is 49.5 Å². The summed E-state index contributed by atoms with van der Waals surface area (Å²) >= 11 is 0. The number of pyridine rings is 1. The van der Waals surface area contributed by atoms with Gasteiger partial charge in [-0.05, 0) is 39.7 Å². The van der Waals surface area contributed by atoms with Crippen LogP contribution in [0.3, 0.4) is 0 Å². The van der Waals surface area contributed by atoms with Crippen LogP contribution in [0.15, 0.2) is 18.5 Å². The fourth-order valence-corrected chi connectivity index (χ4v) is 2.95. The Morgan fingerprint density at radius 1 is 1.17 bits per heavy atom. The Morgan fingerprint density at radius 3 is 2.52 bits per heavy atom. The van der Waals surface area contributed by atoms with Gasteiger partial charge in [-0.25, -0.2) is 9.59 Å². The molecule has 0 N–H and O–H groups in total. The van der Waals surface area contributed by atoms with E-state index >= 15 is 0 Å². The van der Waals surface area contributed by atoms with Gasteiger partial charge in [0, 0.05) is 18.9 Å². The van der Waals surface area contributed by atoms with Crippen molar-refractivity contribution < 1.29 is 28.6 Å². The van der Waals surface area contributed by atoms with Gasteiger partial charge < -0.3 is 14.2 Å². The van der Waals surface area contributed by atoms with Gasteiger partial charge >= 0.3 is 18.0 Å². The predicted molar refractivity (Wildman–Crippen MR) is 104 cm³/mol. The number of carbonyl (C=O) groups is 3. The molecule has 0 aromatic carbocycles. The van der Waals surface area contributed by atoms with Gasteiger partial charge in [-0.15, -0.1) is 0 Å². The third-order valence-corrected chi connectivity index (χ3v) is 4.34. The smallest absolute Gasteiger partial charge is 0.411 e. The van der Waals surface area contributed by atoms with Crippen molar-refractivity contribution >= 4 is 18.0 Å². The van der Waals surface area contributed by atoms with E-state index < -0.39 is 29.6 Å². The topological polar surface area (TPSA) is 95.0 Å². The molecular weight excluding hydrogens is 376 g/mol. The second-order valence-electron chi connectivity index (χ2n) is 7.63. The quantitative estimate of drug-likeness (QED) is 0.426. The number of hydrogen-bond donors (Lipinski definition) is 0. The Balaban J connectivity index is 2.31. The fourth-order valence-electron chi connectivity index (χ4n) is 2.95. The van der Waals surface area contributed by atoms with Gasteiger partial charge in [0.05, 0.1) is 37.3 Å². The van der Waals surface area contributed by atoms with Crippen molar-refractivity contribution in [2.45, 2.75) is 45.3 Å². The molecule has 2 atom stereocenters. The maximum Gasteiger partial charge on any atom is 0.411 e. The first kappa shape index (κ1) is 22.2. The maximum absolute atomic E-state index is 12.7. The van der Waals surface area contributed by atoms with Crippen molar-refractivity contribution in [2.75, 3.05) is 20.8 Å². The van der Waals surface area contributed by atoms with Gasteiger partial charge in [-0.2, -0.15) is 0 Å². The Bertz CT molecular complexity index is 834. The standard InChI is InChI=1S/C21H26N2O6/c1-21(2,3)29-20(26)23-13-15(18(24)27-4)7-9-16(23)8-6-14-12-22-11-10-17(14)19(25)28-5/h10-12,15-16H,7,9,13H2,1-5H3. The summed E-state index contributed by atoms with van der Waals surface area (Å²) in [5.74, 6) is 4.63. The van der Waals surface area contributed by atoms with Gasteiger partial charge in [0.15, 0.2) is 0 Å². The monoisotopic (exact) mass is 402 g/mol. The van der Waals surface area contributed by atoms with Crippen LogP contribution in [0, 0.1) is 17.8 Å². The predicted octanol–water partition coefficient (Wildman–Crippen LogP) is 2.41. The molecule has 1 aromatic rings. The molecule has 0 saturated carbocycles. The van der Waals surface area contributed by atoms with Crippen LogP contribution >= 0.6 is 0 Å². The first-order valence-electron chi connectivity index (χ1n) is 9.27. The maximum atomic E-state index is 12.7. The minimum atomic E-state index is -0.686. The molecule has 1 amide bonds. The van der Waals surface area contributed by atoms with Gasteiger partial charge in [0.25, 0.3) is 0 Å². The molecule has 0 aliphatic carbocycles. The normalized spacial score (nSPS) is 18.9. The van der Waals surface area contributed by atoms with Crippen LogP contribution in [-0.2, 0) is 19.0 Å². The number of aromatic nitrogens is 1. The molecule has 0 spiro atoms. The SMILES string of the molecule is COC(=O)c1ccncc1C#CC1CCC(C(=O)OC)CN1C(=O)OC(C)(C)C. The number of carbonyl (C=O) groups excluding carboxylic acids is 3. The number of ether oxygens (including phenoxy) is 3. The summed E-state index contributed by atoms with van der Waals surface area (Å²) < 4.78 is 15.1. The van der Waals surface area contributed by atoms with E-state index in [1.165, 1.54) is 37.6 Å². The first-order valence-corrected chi connectivity index (χ1v) is 9.27. The molecule has 8 heteroatoms. The second-order valence-corrected chi connectivity index (χ2v) is 7.63. The highest BCUT2D eigenvalue weighted by molar-refractivity contribution is 5.92. The highest BCUT2D eigenvalue weighted by Crippen LogP contribution is 2.25. The molecule has 2 unspecified atom stereocenters. The van der Waals surface area contributed by atoms with Crippen molar-refractivity contribution in [3.63, 3.8) is 0 Å². The summed E-state index contributed by atoms with van der Waals surface area (Å²) in [5.41, 5.74) is 0.00920. The zero-order chi connectivity index (χ0) is 21.6. The minimum absolute atomic E-state index is 0.151. The van der Waals surface area contributed by atoms with E-state index in [0.29, 0.717) is 24.0 Å². The molecule has 1 saturated heterocycles. The fraction of sp³-hybridized carbons (Fsp3) is 0.524. The lowest BCUT2D eigenvalue weighted by molar-refractivity contribution is -0.147. The number of likely N-dealkylation sites (tertiary alicyclic amines) is 1. The Morgan fingerprint density at radius 2 is 1.90 bits per heavy atom. The van der Waals surface area contributed by atoms with Gasteiger partial charge in [0.1, 0.15) is 5.60 Å². The largest absolute Gasteiger partial charge is 0.469 e. The molecule has 0 bridgehead atoms. The van der Waals surface area contributed by atoms with Gasteiger partial charge in [-0.3, -0.25) is 14.7 Å². The van der Waals surface area contributed by atoms with E-state index in [-0.39, 0.29) is 12.5 Å². The molecule has 29 heavy (non-hydrogen) atoms. The minimum Gasteiger partial charge on any atom is -0.469 e. The molecule has 8 nitrogen and oxygen atoms in total. The first-order chi connectivity index (χ1) is 13.7. The van der Waals surface area contributed by atoms with Crippen molar-refractivity contribution in [3.05, 3.63) is 29.6 Å². The lowest BCUT2D eigenvalue weighted by Gasteiger charge is -2.37. The Hall–Kier alpha value is -3.08. The third-order valence-electron chi connectivity index (χ3n) is 4.34. The molecule has 1 aromatic heterocycles. The summed E-state index contributed by atoms with van der Waals surface area (Å²) in [5, 5.41) is 0. The Labute approximate surface area is 170 Å². The lowest BCUT2D eigenvalue weighted by Crippen LogP contribution is -2.50. The van der Waals surface area contributed by atoms with E-state index in [1.807, 2.05) is 0 Å². The number of amides is 1. The number of esters is 2. The summed E-state index contributed by atoms with van der Waals surface area (Å²) in [6.45, 7) is 5.46. The third kappa shape index (κ3) is 5.95. The van der Waals surface area contributed by atoms with E-state index in [1.54, 1.807) is 20.8 Å². The van der Waals surface area contributed by atoms with Crippen LogP contribution in [0.5, 0.6) is 0 Å². The summed E-state index contributed by atoms with van der Waals surface area (Å²) in [7, 11) is 2.61. The molecule has 0 radical (unpaired) electrons. The summed E-state index contributed by atoms with van der Waals surface area (Å²) in [6, 6.07) is 1.05. The molecular formula is C21H26N2O6. The van der Waals surface area contributed by atoms with Crippen molar-refractivity contribution in [2.24, 2.45) is 5.92 Å². The molecule has 2 heterocycles. The summed E-state index contributed by atoms with van der Waals surface area (Å²) in [6.07, 6.45) is 3.40. The van der Waals surface area contributed by atoms with E-state index in [2.05, 4.69) is 16.8 Å². The van der Waals surface area contributed by atoms with Gasteiger partial charge in [-0.1, -0.05) is 11.8 Å². The highest BCUT2D eigenvalue weighted by Gasteiger charge is 2.36. The second kappa shape index (κ2) is 9.41. The Kier molecular flexibility index (Phi) is 7.21. The molecule has 1 fully saturated rings. The summed E-state index contributed by atoms with van der Waals surface area (Å²) in [4.78, 5) is 42.0.